The molecule has 2 rings (SSSR count). The molecule has 1 aliphatic rings. The van der Waals surface area contributed by atoms with Crippen LogP contribution in [0, 0.1) is 17.1 Å². The Kier molecular flexibility index (Phi) is 4.37. The molecule has 3 N–H and O–H groups in total. The van der Waals surface area contributed by atoms with E-state index in [9.17, 15) is 4.39 Å². The van der Waals surface area contributed by atoms with E-state index in [1.807, 2.05) is 4.90 Å². The lowest BCUT2D eigenvalue weighted by Gasteiger charge is -2.34. The number of rotatable bonds is 4. The largest absolute Gasteiger partial charge is 0.384 e. The van der Waals surface area contributed by atoms with Crippen molar-refractivity contribution < 1.29 is 9.13 Å². The van der Waals surface area contributed by atoms with Crippen molar-refractivity contribution in [1.82, 2.24) is 0 Å². The van der Waals surface area contributed by atoms with Crippen molar-refractivity contribution in [2.24, 2.45) is 11.7 Å². The van der Waals surface area contributed by atoms with Crippen LogP contribution in [0.4, 0.5) is 10.1 Å². The van der Waals surface area contributed by atoms with Gasteiger partial charge in [0.05, 0.1) is 12.3 Å². The Labute approximate surface area is 112 Å². The van der Waals surface area contributed by atoms with Gasteiger partial charge in [0.1, 0.15) is 11.7 Å². The number of nitrogens with zero attached hydrogens (tertiary/aromatic N) is 1. The molecule has 0 saturated carbocycles. The predicted molar refractivity (Wildman–Crippen MR) is 74.2 cm³/mol. The summed E-state index contributed by atoms with van der Waals surface area (Å²) in [6, 6.07) is 4.74. The Morgan fingerprint density at radius 1 is 1.58 bits per heavy atom. The molecule has 1 aromatic carbocycles. The molecule has 0 spiro atoms. The summed E-state index contributed by atoms with van der Waals surface area (Å²) in [5, 5.41) is 7.31. The van der Waals surface area contributed by atoms with Crippen LogP contribution in [0.3, 0.4) is 0 Å². The minimum Gasteiger partial charge on any atom is -0.384 e. The standard InChI is InChI=1S/C14H20FN3O/c1-19-9-10-3-2-6-18(8-10)13-5-4-11(14(16)17)7-12(13)15/h4-5,7,10H,2-3,6,8-9H2,1H3,(H3,16,17). The quantitative estimate of drug-likeness (QED) is 0.646. The van der Waals surface area contributed by atoms with Gasteiger partial charge in [0.2, 0.25) is 0 Å². The van der Waals surface area contributed by atoms with Crippen LogP contribution in [0.15, 0.2) is 18.2 Å². The highest BCUT2D eigenvalue weighted by atomic mass is 19.1. The number of hydrogen-bond donors (Lipinski definition) is 2. The lowest BCUT2D eigenvalue weighted by molar-refractivity contribution is 0.143. The number of benzene rings is 1. The smallest absolute Gasteiger partial charge is 0.147 e. The molecule has 0 radical (unpaired) electrons. The molecule has 1 aromatic rings. The molecular formula is C14H20FN3O. The number of anilines is 1. The summed E-state index contributed by atoms with van der Waals surface area (Å²) in [6.07, 6.45) is 2.17. The number of amidine groups is 1. The fourth-order valence-electron chi connectivity index (χ4n) is 2.59. The molecule has 0 aromatic heterocycles. The monoisotopic (exact) mass is 265 g/mol. The van der Waals surface area contributed by atoms with Crippen molar-refractivity contribution in [1.29, 1.82) is 5.41 Å². The van der Waals surface area contributed by atoms with Crippen LogP contribution >= 0.6 is 0 Å². The zero-order chi connectivity index (χ0) is 13.8. The van der Waals surface area contributed by atoms with E-state index in [4.69, 9.17) is 15.9 Å². The number of ether oxygens (including phenoxy) is 1. The second kappa shape index (κ2) is 6.02. The Morgan fingerprint density at radius 2 is 2.37 bits per heavy atom. The number of nitrogens with two attached hydrogens (primary N) is 1. The van der Waals surface area contributed by atoms with Crippen LogP contribution in [-0.4, -0.2) is 32.6 Å². The average molecular weight is 265 g/mol. The highest BCUT2D eigenvalue weighted by Gasteiger charge is 2.22. The van der Waals surface area contributed by atoms with Gasteiger partial charge in [-0.1, -0.05) is 0 Å². The fourth-order valence-corrected chi connectivity index (χ4v) is 2.59. The van der Waals surface area contributed by atoms with Crippen molar-refractivity contribution in [3.63, 3.8) is 0 Å². The molecule has 1 heterocycles. The predicted octanol–water partition coefficient (Wildman–Crippen LogP) is 1.97. The summed E-state index contributed by atoms with van der Waals surface area (Å²) < 4.78 is 19.3. The number of methoxy groups -OCH3 is 1. The highest BCUT2D eigenvalue weighted by Crippen LogP contribution is 2.26. The molecule has 1 unspecified atom stereocenters. The number of nitrogen functional groups attached to an aromatic ring is 1. The second-order valence-corrected chi connectivity index (χ2v) is 4.99. The Bertz CT molecular complexity index is 462. The van der Waals surface area contributed by atoms with E-state index in [2.05, 4.69) is 0 Å². The van der Waals surface area contributed by atoms with Gasteiger partial charge in [0.25, 0.3) is 0 Å². The van der Waals surface area contributed by atoms with Gasteiger partial charge in [-0.3, -0.25) is 5.41 Å². The summed E-state index contributed by atoms with van der Waals surface area (Å²) in [6.45, 7) is 2.38. The summed E-state index contributed by atoms with van der Waals surface area (Å²) >= 11 is 0. The van der Waals surface area contributed by atoms with Gasteiger partial charge in [-0.05, 0) is 37.0 Å². The minimum absolute atomic E-state index is 0.110. The van der Waals surface area contributed by atoms with E-state index >= 15 is 0 Å². The van der Waals surface area contributed by atoms with Gasteiger partial charge in [0.15, 0.2) is 0 Å². The Hall–Kier alpha value is -1.62. The summed E-state index contributed by atoms with van der Waals surface area (Å²) in [7, 11) is 1.70. The number of halogens is 1. The average Bonchev–Trinajstić information content (AvgIpc) is 2.39. The molecular weight excluding hydrogens is 245 g/mol. The van der Waals surface area contributed by atoms with E-state index in [1.54, 1.807) is 19.2 Å². The molecule has 0 aliphatic carbocycles. The first-order valence-electron chi connectivity index (χ1n) is 6.49. The first kappa shape index (κ1) is 13.8. The maximum absolute atomic E-state index is 14.1. The third-order valence-electron chi connectivity index (χ3n) is 3.52. The van der Waals surface area contributed by atoms with Crippen molar-refractivity contribution in [3.05, 3.63) is 29.6 Å². The third-order valence-corrected chi connectivity index (χ3v) is 3.52. The van der Waals surface area contributed by atoms with Crippen molar-refractivity contribution in [3.8, 4) is 0 Å². The summed E-state index contributed by atoms with van der Waals surface area (Å²) in [4.78, 5) is 2.05. The van der Waals surface area contributed by atoms with Crippen LogP contribution in [-0.2, 0) is 4.74 Å². The molecule has 0 bridgehead atoms. The Morgan fingerprint density at radius 3 is 3.00 bits per heavy atom. The van der Waals surface area contributed by atoms with Gasteiger partial charge in [-0.15, -0.1) is 0 Å². The van der Waals surface area contributed by atoms with Gasteiger partial charge in [-0.2, -0.15) is 0 Å². The molecule has 104 valence electrons. The van der Waals surface area contributed by atoms with Crippen LogP contribution in [0.5, 0.6) is 0 Å². The van der Waals surface area contributed by atoms with E-state index in [-0.39, 0.29) is 11.7 Å². The zero-order valence-corrected chi connectivity index (χ0v) is 11.2. The van der Waals surface area contributed by atoms with Gasteiger partial charge in [-0.25, -0.2) is 4.39 Å². The molecule has 1 aliphatic heterocycles. The van der Waals surface area contributed by atoms with Crippen molar-refractivity contribution >= 4 is 11.5 Å². The molecule has 0 amide bonds. The SMILES string of the molecule is COCC1CCCN(c2ccc(C(=N)N)cc2F)C1. The molecule has 1 fully saturated rings. The van der Waals surface area contributed by atoms with Crippen molar-refractivity contribution in [2.45, 2.75) is 12.8 Å². The molecule has 1 saturated heterocycles. The third kappa shape index (κ3) is 3.23. The van der Waals surface area contributed by atoms with E-state index in [0.717, 1.165) is 25.9 Å². The van der Waals surface area contributed by atoms with Crippen LogP contribution in [0.1, 0.15) is 18.4 Å². The van der Waals surface area contributed by atoms with Crippen LogP contribution in [0.25, 0.3) is 0 Å². The van der Waals surface area contributed by atoms with Gasteiger partial charge >= 0.3 is 0 Å². The first-order valence-corrected chi connectivity index (χ1v) is 6.49. The fraction of sp³-hybridized carbons (Fsp3) is 0.500. The van der Waals surface area contributed by atoms with E-state index in [1.165, 1.54) is 6.07 Å². The zero-order valence-electron chi connectivity index (χ0n) is 11.2. The number of piperidine rings is 1. The van der Waals surface area contributed by atoms with E-state index < -0.39 is 0 Å². The van der Waals surface area contributed by atoms with Crippen LogP contribution in [0.2, 0.25) is 0 Å². The minimum atomic E-state index is -0.314. The second-order valence-electron chi connectivity index (χ2n) is 4.99. The number of nitrogens with one attached hydrogen (secondary N) is 1. The number of hydrogen-bond acceptors (Lipinski definition) is 3. The van der Waals surface area contributed by atoms with Gasteiger partial charge in [0, 0.05) is 25.8 Å². The molecule has 1 atom stereocenters. The lowest BCUT2D eigenvalue weighted by Crippen LogP contribution is -2.37. The first-order chi connectivity index (χ1) is 9.11. The van der Waals surface area contributed by atoms with Crippen molar-refractivity contribution in [2.75, 3.05) is 31.7 Å². The normalized spacial score (nSPS) is 19.5. The lowest BCUT2D eigenvalue weighted by atomic mass is 9.98. The van der Waals surface area contributed by atoms with Gasteiger partial charge < -0.3 is 15.4 Å². The molecule has 4 nitrogen and oxygen atoms in total. The van der Waals surface area contributed by atoms with E-state index in [0.29, 0.717) is 23.8 Å². The summed E-state index contributed by atoms with van der Waals surface area (Å²) in [5.41, 5.74) is 6.37. The maximum Gasteiger partial charge on any atom is 0.147 e. The summed E-state index contributed by atoms with van der Waals surface area (Å²) in [5.74, 6) is 0.0257. The van der Waals surface area contributed by atoms with Crippen LogP contribution < -0.4 is 10.6 Å². The molecule has 19 heavy (non-hydrogen) atoms. The highest BCUT2D eigenvalue weighted by molar-refractivity contribution is 5.95. The molecule has 5 heteroatoms. The Balaban J connectivity index is 2.15. The maximum atomic E-state index is 14.1. The topological polar surface area (TPSA) is 62.3 Å².